The topological polar surface area (TPSA) is 39.1 Å². The Balaban J connectivity index is 1.55. The molecule has 1 N–H and O–H groups in total. The van der Waals surface area contributed by atoms with Gasteiger partial charge in [-0.25, -0.2) is 4.98 Å². The number of aromatic nitrogens is 2. The zero-order valence-corrected chi connectivity index (χ0v) is 16.9. The number of halogens is 1. The van der Waals surface area contributed by atoms with E-state index in [9.17, 15) is 0 Å². The van der Waals surface area contributed by atoms with Crippen molar-refractivity contribution in [3.8, 4) is 11.4 Å². The minimum atomic E-state index is 0.420. The van der Waals surface area contributed by atoms with Gasteiger partial charge in [-0.3, -0.25) is 0 Å². The standard InChI is InChI=1S/C23H24ClN3O/c1-16-14-27(15-25-16)22-11-10-21(13-23(22)28-2)26-20-5-3-4-18(12-20)17-6-8-19(24)9-7-17/h6-15,18,26H,3-5H2,1-2H3. The van der Waals surface area contributed by atoms with Crippen molar-refractivity contribution in [3.63, 3.8) is 0 Å². The van der Waals surface area contributed by atoms with Crippen molar-refractivity contribution in [2.75, 3.05) is 12.4 Å². The average Bonchev–Trinajstić information content (AvgIpc) is 3.15. The summed E-state index contributed by atoms with van der Waals surface area (Å²) in [7, 11) is 1.70. The van der Waals surface area contributed by atoms with Crippen molar-refractivity contribution in [1.29, 1.82) is 0 Å². The average molecular weight is 394 g/mol. The van der Waals surface area contributed by atoms with E-state index in [1.165, 1.54) is 11.3 Å². The summed E-state index contributed by atoms with van der Waals surface area (Å²) in [5.74, 6) is 1.23. The molecule has 144 valence electrons. The first-order chi connectivity index (χ1) is 13.6. The summed E-state index contributed by atoms with van der Waals surface area (Å²) in [6, 6.07) is 14.4. The molecule has 28 heavy (non-hydrogen) atoms. The van der Waals surface area contributed by atoms with Crippen LogP contribution in [0.25, 0.3) is 5.69 Å². The van der Waals surface area contributed by atoms with Gasteiger partial charge in [0.15, 0.2) is 0 Å². The normalized spacial score (nSPS) is 16.5. The number of hydrogen-bond acceptors (Lipinski definition) is 3. The lowest BCUT2D eigenvalue weighted by Gasteiger charge is -2.23. The highest BCUT2D eigenvalue weighted by Crippen LogP contribution is 2.33. The summed E-state index contributed by atoms with van der Waals surface area (Å²) >= 11 is 6.03. The molecule has 0 spiro atoms. The van der Waals surface area contributed by atoms with Gasteiger partial charge >= 0.3 is 0 Å². The quantitative estimate of drug-likeness (QED) is 0.568. The Morgan fingerprint density at radius 2 is 2.00 bits per heavy atom. The van der Waals surface area contributed by atoms with E-state index < -0.39 is 0 Å². The van der Waals surface area contributed by atoms with Crippen LogP contribution in [0.1, 0.15) is 36.4 Å². The number of nitrogens with one attached hydrogen (secondary N) is 1. The first kappa shape index (κ1) is 18.6. The van der Waals surface area contributed by atoms with Crippen LogP contribution in [0.2, 0.25) is 5.02 Å². The molecule has 1 heterocycles. The lowest BCUT2D eigenvalue weighted by atomic mass is 9.88. The second kappa shape index (κ2) is 8.11. The molecule has 1 unspecified atom stereocenters. The number of benzene rings is 2. The van der Waals surface area contributed by atoms with Crippen LogP contribution >= 0.6 is 11.6 Å². The van der Waals surface area contributed by atoms with Gasteiger partial charge < -0.3 is 14.6 Å². The summed E-state index contributed by atoms with van der Waals surface area (Å²) in [5.41, 5.74) is 5.54. The van der Waals surface area contributed by atoms with Crippen LogP contribution in [0, 0.1) is 6.92 Å². The number of allylic oxidation sites excluding steroid dienone is 2. The fourth-order valence-corrected chi connectivity index (χ4v) is 3.83. The Kier molecular flexibility index (Phi) is 5.40. The zero-order valence-electron chi connectivity index (χ0n) is 16.2. The molecule has 1 aliphatic rings. The monoisotopic (exact) mass is 393 g/mol. The van der Waals surface area contributed by atoms with Gasteiger partial charge in [0.1, 0.15) is 5.75 Å². The van der Waals surface area contributed by atoms with Gasteiger partial charge in [-0.05, 0) is 56.0 Å². The van der Waals surface area contributed by atoms with Crippen LogP contribution in [0.4, 0.5) is 5.69 Å². The second-order valence-electron chi connectivity index (χ2n) is 7.18. The van der Waals surface area contributed by atoms with Crippen LogP contribution in [0.5, 0.6) is 5.75 Å². The molecule has 0 radical (unpaired) electrons. The lowest BCUT2D eigenvalue weighted by Crippen LogP contribution is -2.09. The molecule has 1 aromatic heterocycles. The molecular weight excluding hydrogens is 370 g/mol. The molecule has 0 bridgehead atoms. The largest absolute Gasteiger partial charge is 0.494 e. The summed E-state index contributed by atoms with van der Waals surface area (Å²) in [6.45, 7) is 1.98. The molecule has 1 aliphatic carbocycles. The van der Waals surface area contributed by atoms with Gasteiger partial charge in [-0.2, -0.15) is 0 Å². The smallest absolute Gasteiger partial charge is 0.144 e. The maximum absolute atomic E-state index is 6.03. The summed E-state index contributed by atoms with van der Waals surface area (Å²) in [5, 5.41) is 4.36. The number of anilines is 1. The number of hydrogen-bond donors (Lipinski definition) is 1. The van der Waals surface area contributed by atoms with E-state index in [4.69, 9.17) is 16.3 Å². The third-order valence-corrected chi connectivity index (χ3v) is 5.39. The molecule has 4 rings (SSSR count). The van der Waals surface area contributed by atoms with Gasteiger partial charge in [-0.1, -0.05) is 29.8 Å². The van der Waals surface area contributed by atoms with Gasteiger partial charge in [0.2, 0.25) is 0 Å². The van der Waals surface area contributed by atoms with Crippen molar-refractivity contribution < 1.29 is 4.74 Å². The Hall–Kier alpha value is -2.72. The molecule has 0 fully saturated rings. The van der Waals surface area contributed by atoms with Gasteiger partial charge in [-0.15, -0.1) is 0 Å². The minimum Gasteiger partial charge on any atom is -0.494 e. The highest BCUT2D eigenvalue weighted by molar-refractivity contribution is 6.30. The van der Waals surface area contributed by atoms with Crippen molar-refractivity contribution in [2.45, 2.75) is 32.1 Å². The van der Waals surface area contributed by atoms with Crippen molar-refractivity contribution in [2.24, 2.45) is 0 Å². The molecule has 1 atom stereocenters. The Bertz CT molecular complexity index is 991. The van der Waals surface area contributed by atoms with E-state index in [2.05, 4.69) is 40.6 Å². The van der Waals surface area contributed by atoms with Crippen LogP contribution in [-0.2, 0) is 0 Å². The summed E-state index contributed by atoms with van der Waals surface area (Å²) in [6.07, 6.45) is 9.51. The number of methoxy groups -OCH3 is 1. The van der Waals surface area contributed by atoms with Crippen LogP contribution in [0.3, 0.4) is 0 Å². The number of imidazole rings is 1. The Morgan fingerprint density at radius 1 is 1.18 bits per heavy atom. The van der Waals surface area contributed by atoms with E-state index >= 15 is 0 Å². The van der Waals surface area contributed by atoms with Crippen LogP contribution in [0.15, 0.2) is 66.8 Å². The molecule has 0 aliphatic heterocycles. The molecule has 0 saturated carbocycles. The van der Waals surface area contributed by atoms with Crippen molar-refractivity contribution in [3.05, 3.63) is 83.0 Å². The predicted molar refractivity (Wildman–Crippen MR) is 115 cm³/mol. The number of ether oxygens (including phenoxy) is 1. The molecule has 3 aromatic rings. The summed E-state index contributed by atoms with van der Waals surface area (Å²) in [4.78, 5) is 4.30. The lowest BCUT2D eigenvalue weighted by molar-refractivity contribution is 0.413. The number of rotatable bonds is 5. The highest BCUT2D eigenvalue weighted by Gasteiger charge is 2.16. The minimum absolute atomic E-state index is 0.420. The molecule has 0 saturated heterocycles. The highest BCUT2D eigenvalue weighted by atomic mass is 35.5. The number of aryl methyl sites for hydroxylation is 1. The number of nitrogens with zero attached hydrogens (tertiary/aromatic N) is 2. The van der Waals surface area contributed by atoms with Crippen LogP contribution < -0.4 is 10.1 Å². The summed E-state index contributed by atoms with van der Waals surface area (Å²) < 4.78 is 7.60. The first-order valence-electron chi connectivity index (χ1n) is 9.54. The SMILES string of the molecule is COc1cc(NC2=CC(c3ccc(Cl)cc3)CCC2)ccc1-n1cnc(C)c1. The molecule has 2 aromatic carbocycles. The Labute approximate surface area is 170 Å². The zero-order chi connectivity index (χ0) is 19.5. The van der Waals surface area contributed by atoms with E-state index in [1.807, 2.05) is 35.9 Å². The second-order valence-corrected chi connectivity index (χ2v) is 7.61. The molecule has 4 nitrogen and oxygen atoms in total. The Morgan fingerprint density at radius 3 is 2.71 bits per heavy atom. The van der Waals surface area contributed by atoms with Crippen LogP contribution in [-0.4, -0.2) is 16.7 Å². The predicted octanol–water partition coefficient (Wildman–Crippen LogP) is 6.11. The fourth-order valence-electron chi connectivity index (χ4n) is 3.71. The van der Waals surface area contributed by atoms with Crippen molar-refractivity contribution >= 4 is 17.3 Å². The maximum atomic E-state index is 6.03. The van der Waals surface area contributed by atoms with Gasteiger partial charge in [0.25, 0.3) is 0 Å². The van der Waals surface area contributed by atoms with Gasteiger partial charge in [0, 0.05) is 34.6 Å². The third kappa shape index (κ3) is 4.07. The third-order valence-electron chi connectivity index (χ3n) is 5.14. The molecular formula is C23H24ClN3O. The van der Waals surface area contributed by atoms with E-state index in [0.717, 1.165) is 47.1 Å². The van der Waals surface area contributed by atoms with E-state index in [1.54, 1.807) is 13.4 Å². The molecule has 0 amide bonds. The molecule has 5 heteroatoms. The first-order valence-corrected chi connectivity index (χ1v) is 9.92. The fraction of sp³-hybridized carbons (Fsp3) is 0.261. The maximum Gasteiger partial charge on any atom is 0.144 e. The van der Waals surface area contributed by atoms with Crippen molar-refractivity contribution in [1.82, 2.24) is 9.55 Å². The van der Waals surface area contributed by atoms with E-state index in [-0.39, 0.29) is 0 Å². The van der Waals surface area contributed by atoms with E-state index in [0.29, 0.717) is 5.92 Å². The van der Waals surface area contributed by atoms with Gasteiger partial charge in [0.05, 0.1) is 24.8 Å².